The lowest BCUT2D eigenvalue weighted by Crippen LogP contribution is -2.61. The Morgan fingerprint density at radius 2 is 1.86 bits per heavy atom. The van der Waals surface area contributed by atoms with Crippen molar-refractivity contribution >= 4 is 5.91 Å². The molecule has 5 rings (SSSR count). The number of amides is 1. The van der Waals surface area contributed by atoms with Crippen LogP contribution in [-0.2, 0) is 11.3 Å². The SMILES string of the molecule is CC1(C)CN(C(=O)[C@@H]2C[C@@H]2c2ccccc2)CCC1(O)Cn1cnc(-c2ccccc2F)cc1=O. The quantitative estimate of drug-likeness (QED) is 0.608. The van der Waals surface area contributed by atoms with Gasteiger partial charge in [0.1, 0.15) is 5.82 Å². The van der Waals surface area contributed by atoms with E-state index in [0.29, 0.717) is 19.5 Å². The predicted octanol–water partition coefficient (Wildman–Crippen LogP) is 3.84. The van der Waals surface area contributed by atoms with E-state index in [2.05, 4.69) is 17.1 Å². The minimum atomic E-state index is -1.20. The van der Waals surface area contributed by atoms with Crippen molar-refractivity contribution in [1.82, 2.24) is 14.5 Å². The Morgan fingerprint density at radius 3 is 2.54 bits per heavy atom. The highest BCUT2D eigenvalue weighted by atomic mass is 19.1. The van der Waals surface area contributed by atoms with Crippen molar-refractivity contribution < 1.29 is 14.3 Å². The lowest BCUT2D eigenvalue weighted by Gasteiger charge is -2.50. The van der Waals surface area contributed by atoms with Crippen LogP contribution in [0.1, 0.15) is 38.2 Å². The molecule has 0 spiro atoms. The van der Waals surface area contributed by atoms with Gasteiger partial charge in [-0.15, -0.1) is 0 Å². The second kappa shape index (κ2) is 8.72. The monoisotopic (exact) mass is 475 g/mol. The van der Waals surface area contributed by atoms with E-state index in [9.17, 15) is 19.1 Å². The first-order valence-electron chi connectivity index (χ1n) is 12.1. The Bertz CT molecular complexity index is 1310. The maximum atomic E-state index is 14.1. The summed E-state index contributed by atoms with van der Waals surface area (Å²) < 4.78 is 15.5. The van der Waals surface area contributed by atoms with Crippen molar-refractivity contribution in [2.24, 2.45) is 11.3 Å². The first kappa shape index (κ1) is 23.4. The van der Waals surface area contributed by atoms with Gasteiger partial charge < -0.3 is 10.0 Å². The van der Waals surface area contributed by atoms with Crippen LogP contribution in [0.25, 0.3) is 11.3 Å². The number of aliphatic hydroxyl groups is 1. The lowest BCUT2D eigenvalue weighted by atomic mass is 9.69. The normalized spacial score (nSPS) is 25.3. The maximum absolute atomic E-state index is 14.1. The van der Waals surface area contributed by atoms with Gasteiger partial charge in [-0.05, 0) is 36.5 Å². The van der Waals surface area contributed by atoms with Gasteiger partial charge in [0, 0.05) is 36.1 Å². The lowest BCUT2D eigenvalue weighted by molar-refractivity contribution is -0.155. The van der Waals surface area contributed by atoms with Gasteiger partial charge in [-0.3, -0.25) is 14.2 Å². The molecule has 7 heteroatoms. The summed E-state index contributed by atoms with van der Waals surface area (Å²) in [5.41, 5.74) is -0.474. The van der Waals surface area contributed by atoms with Crippen molar-refractivity contribution in [3.05, 3.63) is 88.7 Å². The van der Waals surface area contributed by atoms with Gasteiger partial charge in [-0.25, -0.2) is 9.37 Å². The molecule has 3 aromatic rings. The highest BCUT2D eigenvalue weighted by molar-refractivity contribution is 5.83. The Morgan fingerprint density at radius 1 is 1.14 bits per heavy atom. The van der Waals surface area contributed by atoms with E-state index in [1.54, 1.807) is 18.2 Å². The number of nitrogens with zero attached hydrogens (tertiary/aromatic N) is 3. The molecule has 1 saturated carbocycles. The maximum Gasteiger partial charge on any atom is 0.253 e. The molecule has 35 heavy (non-hydrogen) atoms. The highest BCUT2D eigenvalue weighted by Crippen LogP contribution is 2.49. The third-order valence-electron chi connectivity index (χ3n) is 7.75. The van der Waals surface area contributed by atoms with E-state index in [1.807, 2.05) is 36.9 Å². The highest BCUT2D eigenvalue weighted by Gasteiger charge is 2.52. The van der Waals surface area contributed by atoms with E-state index in [-0.39, 0.29) is 41.1 Å². The Hall–Kier alpha value is -3.32. The fourth-order valence-corrected chi connectivity index (χ4v) is 5.26. The minimum absolute atomic E-state index is 0.00265. The molecule has 0 bridgehead atoms. The third-order valence-corrected chi connectivity index (χ3v) is 7.75. The molecule has 3 atom stereocenters. The molecule has 1 saturated heterocycles. The number of hydrogen-bond donors (Lipinski definition) is 1. The first-order valence-corrected chi connectivity index (χ1v) is 12.1. The van der Waals surface area contributed by atoms with Crippen LogP contribution in [0, 0.1) is 17.2 Å². The fourth-order valence-electron chi connectivity index (χ4n) is 5.26. The standard InChI is InChI=1S/C28H30FN3O3/c1-27(2)16-31(26(34)22-14-21(22)19-8-4-3-5-9-19)13-12-28(27,35)17-32-18-30-24(15-25(32)33)20-10-6-7-11-23(20)29/h3-11,15,18,21-22,35H,12-14,16-17H2,1-2H3/t21-,22-,28?/m1/s1. The Kier molecular flexibility index (Phi) is 5.83. The summed E-state index contributed by atoms with van der Waals surface area (Å²) in [7, 11) is 0. The zero-order chi connectivity index (χ0) is 24.8. The Balaban J connectivity index is 1.28. The van der Waals surface area contributed by atoms with Gasteiger partial charge in [0.05, 0.1) is 24.2 Å². The molecular weight excluding hydrogens is 445 g/mol. The van der Waals surface area contributed by atoms with E-state index in [1.165, 1.54) is 28.6 Å². The van der Waals surface area contributed by atoms with Crippen LogP contribution in [0.15, 0.2) is 71.8 Å². The van der Waals surface area contributed by atoms with Crippen LogP contribution in [-0.4, -0.2) is 44.2 Å². The molecule has 2 aliphatic rings. The molecule has 2 fully saturated rings. The molecule has 1 aliphatic heterocycles. The van der Waals surface area contributed by atoms with E-state index in [4.69, 9.17) is 0 Å². The second-order valence-electron chi connectivity index (χ2n) is 10.5. The predicted molar refractivity (Wildman–Crippen MR) is 131 cm³/mol. The van der Waals surface area contributed by atoms with Crippen LogP contribution < -0.4 is 5.56 Å². The van der Waals surface area contributed by atoms with Crippen LogP contribution >= 0.6 is 0 Å². The number of aromatic nitrogens is 2. The molecular formula is C28H30FN3O3. The molecule has 1 unspecified atom stereocenters. The van der Waals surface area contributed by atoms with Gasteiger partial charge in [0.15, 0.2) is 0 Å². The molecule has 2 heterocycles. The number of piperidine rings is 1. The number of hydrogen-bond acceptors (Lipinski definition) is 4. The topological polar surface area (TPSA) is 75.4 Å². The summed E-state index contributed by atoms with van der Waals surface area (Å²) in [6.45, 7) is 4.77. The first-order chi connectivity index (χ1) is 16.7. The largest absolute Gasteiger partial charge is 0.387 e. The molecule has 182 valence electrons. The van der Waals surface area contributed by atoms with E-state index in [0.717, 1.165) is 6.42 Å². The molecule has 2 aromatic carbocycles. The number of benzene rings is 2. The molecule has 1 amide bonds. The summed E-state index contributed by atoms with van der Waals surface area (Å²) >= 11 is 0. The number of halogens is 1. The van der Waals surface area contributed by atoms with E-state index < -0.39 is 16.8 Å². The van der Waals surface area contributed by atoms with Gasteiger partial charge in [-0.2, -0.15) is 0 Å². The average Bonchev–Trinajstić information content (AvgIpc) is 3.64. The zero-order valence-electron chi connectivity index (χ0n) is 20.0. The van der Waals surface area contributed by atoms with Crippen molar-refractivity contribution in [3.8, 4) is 11.3 Å². The Labute approximate surface area is 204 Å². The molecule has 0 radical (unpaired) electrons. The number of carbonyl (C=O) groups excluding carboxylic acids is 1. The molecule has 1 N–H and O–H groups in total. The molecule has 1 aliphatic carbocycles. The number of carbonyl (C=O) groups is 1. The van der Waals surface area contributed by atoms with Gasteiger partial charge >= 0.3 is 0 Å². The number of rotatable bonds is 5. The summed E-state index contributed by atoms with van der Waals surface area (Å²) in [4.78, 5) is 32.2. The minimum Gasteiger partial charge on any atom is -0.387 e. The van der Waals surface area contributed by atoms with Crippen LogP contribution in [0.2, 0.25) is 0 Å². The summed E-state index contributed by atoms with van der Waals surface area (Å²) in [5, 5.41) is 11.6. The summed E-state index contributed by atoms with van der Waals surface area (Å²) in [6.07, 6.45) is 2.58. The average molecular weight is 476 g/mol. The van der Waals surface area contributed by atoms with Crippen molar-refractivity contribution in [1.29, 1.82) is 0 Å². The number of likely N-dealkylation sites (tertiary alicyclic amines) is 1. The van der Waals surface area contributed by atoms with Crippen LogP contribution in [0.3, 0.4) is 0 Å². The van der Waals surface area contributed by atoms with Gasteiger partial charge in [0.2, 0.25) is 5.91 Å². The van der Waals surface area contributed by atoms with Crippen molar-refractivity contribution in [3.63, 3.8) is 0 Å². The fraction of sp³-hybridized carbons (Fsp3) is 0.393. The molecule has 6 nitrogen and oxygen atoms in total. The summed E-state index contributed by atoms with van der Waals surface area (Å²) in [6, 6.07) is 17.6. The van der Waals surface area contributed by atoms with Crippen LogP contribution in [0.4, 0.5) is 4.39 Å². The third kappa shape index (κ3) is 4.41. The summed E-state index contributed by atoms with van der Waals surface area (Å²) in [5.74, 6) is -0.0384. The second-order valence-corrected chi connectivity index (χ2v) is 10.5. The van der Waals surface area contributed by atoms with E-state index >= 15 is 0 Å². The van der Waals surface area contributed by atoms with Crippen molar-refractivity contribution in [2.45, 2.75) is 44.8 Å². The van der Waals surface area contributed by atoms with Crippen LogP contribution in [0.5, 0.6) is 0 Å². The van der Waals surface area contributed by atoms with Gasteiger partial charge in [0.25, 0.3) is 5.56 Å². The van der Waals surface area contributed by atoms with Gasteiger partial charge in [-0.1, -0.05) is 56.3 Å². The van der Waals surface area contributed by atoms with Crippen molar-refractivity contribution in [2.75, 3.05) is 13.1 Å². The molecule has 1 aromatic heterocycles. The smallest absolute Gasteiger partial charge is 0.253 e. The zero-order valence-corrected chi connectivity index (χ0v) is 20.0.